The van der Waals surface area contributed by atoms with Gasteiger partial charge >= 0.3 is 0 Å². The lowest BCUT2D eigenvalue weighted by atomic mass is 10.2. The van der Waals surface area contributed by atoms with Crippen LogP contribution in [0.3, 0.4) is 0 Å². The summed E-state index contributed by atoms with van der Waals surface area (Å²) in [6.45, 7) is 12.4. The molecule has 21 heavy (non-hydrogen) atoms. The predicted octanol–water partition coefficient (Wildman–Crippen LogP) is 2.89. The Bertz CT molecular complexity index is 577. The molecule has 120 valence electrons. The van der Waals surface area contributed by atoms with Crippen LogP contribution < -0.4 is 0 Å². The van der Waals surface area contributed by atoms with Crippen LogP contribution >= 0.6 is 0 Å². The van der Waals surface area contributed by atoms with E-state index in [1.54, 1.807) is 12.4 Å². The summed E-state index contributed by atoms with van der Waals surface area (Å²) in [6.07, 6.45) is 3.98. The van der Waals surface area contributed by atoms with E-state index in [1.165, 1.54) is 6.26 Å². The SMILES string of the molecule is Cc1cnc([C@H](CS(C)(=O)=O)O[Si](C)(C)C(C)(C)C)nc1. The maximum atomic E-state index is 11.7. The summed E-state index contributed by atoms with van der Waals surface area (Å²) in [5, 5.41) is -0.00650. The van der Waals surface area contributed by atoms with Crippen molar-refractivity contribution < 1.29 is 12.8 Å². The summed E-state index contributed by atoms with van der Waals surface area (Å²) >= 11 is 0. The Morgan fingerprint density at radius 3 is 2.10 bits per heavy atom. The van der Waals surface area contributed by atoms with Gasteiger partial charge in [0.15, 0.2) is 14.1 Å². The van der Waals surface area contributed by atoms with Crippen molar-refractivity contribution in [3.63, 3.8) is 0 Å². The third-order valence-corrected chi connectivity index (χ3v) is 9.18. The highest BCUT2D eigenvalue weighted by Gasteiger charge is 2.40. The normalized spacial score (nSPS) is 15.0. The number of rotatable bonds is 5. The molecule has 0 radical (unpaired) electrons. The van der Waals surface area contributed by atoms with Gasteiger partial charge < -0.3 is 4.43 Å². The van der Waals surface area contributed by atoms with Crippen LogP contribution in [0.25, 0.3) is 0 Å². The summed E-state index contributed by atoms with van der Waals surface area (Å²) in [6, 6.07) is 0. The Kier molecular flexibility index (Phi) is 5.34. The molecule has 1 heterocycles. The minimum atomic E-state index is -3.18. The quantitative estimate of drug-likeness (QED) is 0.776. The maximum Gasteiger partial charge on any atom is 0.193 e. The molecule has 0 saturated heterocycles. The molecule has 0 bridgehead atoms. The smallest absolute Gasteiger partial charge is 0.193 e. The van der Waals surface area contributed by atoms with Crippen LogP contribution in [0.4, 0.5) is 0 Å². The van der Waals surface area contributed by atoms with E-state index in [9.17, 15) is 8.42 Å². The molecule has 1 atom stereocenters. The fourth-order valence-electron chi connectivity index (χ4n) is 1.54. The molecule has 0 unspecified atom stereocenters. The van der Waals surface area contributed by atoms with Crippen molar-refractivity contribution >= 4 is 18.2 Å². The number of aryl methyl sites for hydroxylation is 1. The Balaban J connectivity index is 3.12. The second-order valence-corrected chi connectivity index (χ2v) is 14.0. The summed E-state index contributed by atoms with van der Waals surface area (Å²) in [5.41, 5.74) is 0.934. The van der Waals surface area contributed by atoms with E-state index in [0.29, 0.717) is 5.82 Å². The van der Waals surface area contributed by atoms with Crippen molar-refractivity contribution in [2.45, 2.75) is 51.9 Å². The topological polar surface area (TPSA) is 69.2 Å². The van der Waals surface area contributed by atoms with E-state index in [-0.39, 0.29) is 10.8 Å². The summed E-state index contributed by atoms with van der Waals surface area (Å²) in [5.74, 6) is 0.346. The van der Waals surface area contributed by atoms with E-state index >= 15 is 0 Å². The van der Waals surface area contributed by atoms with Crippen LogP contribution in [-0.2, 0) is 14.3 Å². The van der Waals surface area contributed by atoms with Gasteiger partial charge in [-0.2, -0.15) is 0 Å². The predicted molar refractivity (Wildman–Crippen MR) is 87.5 cm³/mol. The Labute approximate surface area is 129 Å². The molecule has 0 fully saturated rings. The highest BCUT2D eigenvalue weighted by molar-refractivity contribution is 7.90. The van der Waals surface area contributed by atoms with Crippen molar-refractivity contribution in [3.05, 3.63) is 23.8 Å². The number of aromatic nitrogens is 2. The van der Waals surface area contributed by atoms with Gasteiger partial charge in [-0.25, -0.2) is 18.4 Å². The lowest BCUT2D eigenvalue weighted by Crippen LogP contribution is -2.43. The van der Waals surface area contributed by atoms with Gasteiger partial charge in [-0.05, 0) is 30.6 Å². The van der Waals surface area contributed by atoms with Crippen LogP contribution in [0.5, 0.6) is 0 Å². The Hall–Kier alpha value is -0.793. The molecular weight excluding hydrogens is 304 g/mol. The van der Waals surface area contributed by atoms with Gasteiger partial charge in [0.2, 0.25) is 0 Å². The Morgan fingerprint density at radius 2 is 1.71 bits per heavy atom. The number of hydrogen-bond acceptors (Lipinski definition) is 5. The van der Waals surface area contributed by atoms with Crippen molar-refractivity contribution in [1.29, 1.82) is 0 Å². The summed E-state index contributed by atoms with van der Waals surface area (Å²) in [4.78, 5) is 8.50. The number of hydrogen-bond donors (Lipinski definition) is 0. The minimum Gasteiger partial charge on any atom is -0.406 e. The summed E-state index contributed by atoms with van der Waals surface area (Å²) in [7, 11) is -5.29. The number of sulfone groups is 1. The largest absolute Gasteiger partial charge is 0.406 e. The van der Waals surface area contributed by atoms with Crippen LogP contribution in [-0.4, -0.2) is 38.7 Å². The van der Waals surface area contributed by atoms with E-state index in [2.05, 4.69) is 43.8 Å². The molecule has 1 aromatic rings. The third kappa shape index (κ3) is 5.48. The molecule has 1 aromatic heterocycles. The highest BCUT2D eigenvalue weighted by Crippen LogP contribution is 2.39. The van der Waals surface area contributed by atoms with E-state index in [4.69, 9.17) is 4.43 Å². The first-order valence-corrected chi connectivity index (χ1v) is 11.9. The standard InChI is InChI=1S/C14H26N2O3SSi/c1-11-8-15-13(16-9-11)12(10-20(5,17)18)19-21(6,7)14(2,3)4/h8-9,12H,10H2,1-7H3/t12-/m0/s1. The first kappa shape index (κ1) is 18.3. The molecule has 0 saturated carbocycles. The molecule has 0 aliphatic rings. The van der Waals surface area contributed by atoms with Crippen molar-refractivity contribution in [1.82, 2.24) is 9.97 Å². The molecule has 0 spiro atoms. The van der Waals surface area contributed by atoms with Crippen LogP contribution in [0.1, 0.15) is 38.3 Å². The molecule has 1 rings (SSSR count). The summed E-state index contributed by atoms with van der Waals surface area (Å²) < 4.78 is 29.6. The molecule has 0 aliphatic carbocycles. The molecule has 0 N–H and O–H groups in total. The second kappa shape index (κ2) is 6.14. The van der Waals surface area contributed by atoms with Crippen LogP contribution in [0.15, 0.2) is 12.4 Å². The van der Waals surface area contributed by atoms with Gasteiger partial charge in [-0.15, -0.1) is 0 Å². The lowest BCUT2D eigenvalue weighted by molar-refractivity contribution is 0.195. The third-order valence-electron chi connectivity index (χ3n) is 3.79. The molecule has 5 nitrogen and oxygen atoms in total. The van der Waals surface area contributed by atoms with Gasteiger partial charge in [-0.1, -0.05) is 20.8 Å². The first-order valence-electron chi connectivity index (χ1n) is 6.96. The maximum absolute atomic E-state index is 11.7. The molecule has 0 aliphatic heterocycles. The first-order chi connectivity index (χ1) is 9.32. The highest BCUT2D eigenvalue weighted by atomic mass is 32.2. The van der Waals surface area contributed by atoms with E-state index in [1.807, 2.05) is 6.92 Å². The lowest BCUT2D eigenvalue weighted by Gasteiger charge is -2.38. The molecule has 0 amide bonds. The van der Waals surface area contributed by atoms with E-state index < -0.39 is 24.3 Å². The average Bonchev–Trinajstić information content (AvgIpc) is 2.25. The fraction of sp³-hybridized carbons (Fsp3) is 0.714. The minimum absolute atomic E-state index is 0.00650. The van der Waals surface area contributed by atoms with Crippen molar-refractivity contribution in [2.24, 2.45) is 0 Å². The monoisotopic (exact) mass is 330 g/mol. The number of nitrogens with zero attached hydrogens (tertiary/aromatic N) is 2. The van der Waals surface area contributed by atoms with Gasteiger partial charge in [-0.3, -0.25) is 0 Å². The van der Waals surface area contributed by atoms with E-state index in [0.717, 1.165) is 5.56 Å². The van der Waals surface area contributed by atoms with Gasteiger partial charge in [0, 0.05) is 18.6 Å². The van der Waals surface area contributed by atoms with Gasteiger partial charge in [0.1, 0.15) is 15.9 Å². The van der Waals surface area contributed by atoms with Crippen LogP contribution in [0, 0.1) is 6.92 Å². The Morgan fingerprint density at radius 1 is 1.24 bits per heavy atom. The zero-order valence-corrected chi connectivity index (χ0v) is 15.8. The zero-order chi connectivity index (χ0) is 16.5. The molecular formula is C14H26N2O3SSi. The fourth-order valence-corrected chi connectivity index (χ4v) is 3.68. The van der Waals surface area contributed by atoms with Crippen molar-refractivity contribution in [3.8, 4) is 0 Å². The molecule has 0 aromatic carbocycles. The van der Waals surface area contributed by atoms with Gasteiger partial charge in [0.05, 0.1) is 5.75 Å². The molecule has 7 heteroatoms. The van der Waals surface area contributed by atoms with Crippen molar-refractivity contribution in [2.75, 3.05) is 12.0 Å². The zero-order valence-electron chi connectivity index (χ0n) is 14.0. The van der Waals surface area contributed by atoms with Gasteiger partial charge in [0.25, 0.3) is 0 Å². The second-order valence-electron chi connectivity index (χ2n) is 7.08. The van der Waals surface area contributed by atoms with Crippen LogP contribution in [0.2, 0.25) is 18.1 Å². The average molecular weight is 331 g/mol.